The van der Waals surface area contributed by atoms with Crippen molar-refractivity contribution < 1.29 is 23.8 Å². The predicted octanol–water partition coefficient (Wildman–Crippen LogP) is 4.76. The first-order valence-electron chi connectivity index (χ1n) is 10.4. The van der Waals surface area contributed by atoms with Gasteiger partial charge in [-0.25, -0.2) is 4.39 Å². The molecule has 1 heterocycles. The van der Waals surface area contributed by atoms with Crippen LogP contribution in [0.3, 0.4) is 0 Å². The molecule has 1 aliphatic rings. The van der Waals surface area contributed by atoms with E-state index < -0.39 is 11.4 Å². The van der Waals surface area contributed by atoms with Crippen LogP contribution < -0.4 is 14.8 Å². The molecule has 2 aromatic carbocycles. The molecule has 0 spiro atoms. The molecule has 0 saturated carbocycles. The van der Waals surface area contributed by atoms with Gasteiger partial charge in [0.25, 0.3) is 0 Å². The number of nitrogens with one attached hydrogen (secondary N) is 1. The predicted molar refractivity (Wildman–Crippen MR) is 123 cm³/mol. The number of piperidine rings is 1. The number of nitrogens with zero attached hydrogens (tertiary/aromatic N) is 1. The molecular formula is C23H27Cl2FN2O4. The monoisotopic (exact) mass is 484 g/mol. The Morgan fingerprint density at radius 3 is 2.59 bits per heavy atom. The summed E-state index contributed by atoms with van der Waals surface area (Å²) in [5.41, 5.74) is -0.813. The fourth-order valence-electron chi connectivity index (χ4n) is 3.60. The van der Waals surface area contributed by atoms with E-state index in [0.29, 0.717) is 28.0 Å². The standard InChI is InChI=1S/C23H27Cl2FN2O4/c1-15(29)27-21-6-3-16(26)11-22(21)31-14-23(2,30)13-28-9-7-17(8-10-28)32-18-4-5-19(24)20(25)12-18/h3-6,11-12,17,30H,7-10,13-14H2,1-2H3,(H,27,29). The van der Waals surface area contributed by atoms with Crippen molar-refractivity contribution in [3.63, 3.8) is 0 Å². The van der Waals surface area contributed by atoms with Crippen LogP contribution in [-0.4, -0.2) is 53.9 Å². The van der Waals surface area contributed by atoms with Crippen molar-refractivity contribution in [2.24, 2.45) is 0 Å². The summed E-state index contributed by atoms with van der Waals surface area (Å²) in [6, 6.07) is 9.07. The number of ether oxygens (including phenoxy) is 2. The van der Waals surface area contributed by atoms with Crippen molar-refractivity contribution in [1.29, 1.82) is 0 Å². The summed E-state index contributed by atoms with van der Waals surface area (Å²) in [6.07, 6.45) is 1.65. The Kier molecular flexibility index (Phi) is 8.22. The second-order valence-electron chi connectivity index (χ2n) is 8.28. The summed E-state index contributed by atoms with van der Waals surface area (Å²) < 4.78 is 25.3. The average molecular weight is 485 g/mol. The van der Waals surface area contributed by atoms with E-state index in [9.17, 15) is 14.3 Å². The fourth-order valence-corrected chi connectivity index (χ4v) is 3.89. The average Bonchev–Trinajstić information content (AvgIpc) is 2.72. The third-order valence-corrected chi connectivity index (χ3v) is 5.82. The van der Waals surface area contributed by atoms with Crippen molar-refractivity contribution in [2.45, 2.75) is 38.4 Å². The Labute approximate surface area is 197 Å². The second kappa shape index (κ2) is 10.7. The molecule has 1 aliphatic heterocycles. The zero-order chi connectivity index (χ0) is 23.3. The van der Waals surface area contributed by atoms with Crippen LogP contribution in [0.15, 0.2) is 36.4 Å². The molecule has 2 aromatic rings. The zero-order valence-corrected chi connectivity index (χ0v) is 19.5. The van der Waals surface area contributed by atoms with Gasteiger partial charge in [-0.15, -0.1) is 0 Å². The summed E-state index contributed by atoms with van der Waals surface area (Å²) >= 11 is 12.0. The van der Waals surface area contributed by atoms with E-state index >= 15 is 0 Å². The molecule has 32 heavy (non-hydrogen) atoms. The zero-order valence-electron chi connectivity index (χ0n) is 18.0. The minimum Gasteiger partial charge on any atom is -0.490 e. The molecule has 1 amide bonds. The maximum Gasteiger partial charge on any atom is 0.221 e. The van der Waals surface area contributed by atoms with Gasteiger partial charge in [-0.1, -0.05) is 23.2 Å². The Bertz CT molecular complexity index is 950. The lowest BCUT2D eigenvalue weighted by molar-refractivity contribution is -0.114. The van der Waals surface area contributed by atoms with E-state index in [2.05, 4.69) is 10.2 Å². The molecule has 3 rings (SSSR count). The van der Waals surface area contributed by atoms with Crippen molar-refractivity contribution in [2.75, 3.05) is 31.6 Å². The molecule has 2 N–H and O–H groups in total. The highest BCUT2D eigenvalue weighted by Gasteiger charge is 2.29. The summed E-state index contributed by atoms with van der Waals surface area (Å²) in [7, 11) is 0. The van der Waals surface area contributed by atoms with Crippen molar-refractivity contribution in [3.05, 3.63) is 52.3 Å². The Morgan fingerprint density at radius 2 is 1.94 bits per heavy atom. The van der Waals surface area contributed by atoms with Crippen molar-refractivity contribution >= 4 is 34.8 Å². The summed E-state index contributed by atoms with van der Waals surface area (Å²) in [5.74, 6) is 0.0782. The van der Waals surface area contributed by atoms with Crippen LogP contribution in [0.1, 0.15) is 26.7 Å². The molecule has 0 aromatic heterocycles. The number of carbonyl (C=O) groups excluding carboxylic acids is 1. The van der Waals surface area contributed by atoms with E-state index in [1.807, 2.05) is 0 Å². The number of hydrogen-bond donors (Lipinski definition) is 2. The van der Waals surface area contributed by atoms with Gasteiger partial charge in [0.2, 0.25) is 5.91 Å². The maximum atomic E-state index is 13.6. The number of amides is 1. The van der Waals surface area contributed by atoms with E-state index in [1.165, 1.54) is 25.1 Å². The number of carbonyl (C=O) groups is 1. The van der Waals surface area contributed by atoms with Gasteiger partial charge in [0, 0.05) is 38.7 Å². The van der Waals surface area contributed by atoms with E-state index in [0.717, 1.165) is 25.9 Å². The van der Waals surface area contributed by atoms with Gasteiger partial charge in [0.1, 0.15) is 35.6 Å². The quantitative estimate of drug-likeness (QED) is 0.564. The number of halogens is 3. The number of benzene rings is 2. The lowest BCUT2D eigenvalue weighted by Gasteiger charge is -2.36. The van der Waals surface area contributed by atoms with Crippen LogP contribution in [0.5, 0.6) is 11.5 Å². The number of aliphatic hydroxyl groups is 1. The first kappa shape index (κ1) is 24.6. The summed E-state index contributed by atoms with van der Waals surface area (Å²) in [5, 5.41) is 14.4. The third kappa shape index (κ3) is 7.24. The highest BCUT2D eigenvalue weighted by Crippen LogP contribution is 2.29. The van der Waals surface area contributed by atoms with Crippen LogP contribution in [0.25, 0.3) is 0 Å². The topological polar surface area (TPSA) is 71.0 Å². The van der Waals surface area contributed by atoms with Crippen molar-refractivity contribution in [1.82, 2.24) is 4.90 Å². The SMILES string of the molecule is CC(=O)Nc1ccc(F)cc1OCC(C)(O)CN1CCC(Oc2ccc(Cl)c(Cl)c2)CC1. The Balaban J connectivity index is 1.49. The third-order valence-electron chi connectivity index (χ3n) is 5.09. The lowest BCUT2D eigenvalue weighted by atomic mass is 10.0. The van der Waals surface area contributed by atoms with Gasteiger partial charge in [-0.05, 0) is 44.0 Å². The number of β-amino-alcohol motifs (C(OH)–C–C–N with tert-alkyl or cyclic N) is 1. The summed E-state index contributed by atoms with van der Waals surface area (Å²) in [6.45, 7) is 4.86. The maximum absolute atomic E-state index is 13.6. The summed E-state index contributed by atoms with van der Waals surface area (Å²) in [4.78, 5) is 13.5. The lowest BCUT2D eigenvalue weighted by Crippen LogP contribution is -2.48. The Morgan fingerprint density at radius 1 is 1.22 bits per heavy atom. The number of hydrogen-bond acceptors (Lipinski definition) is 5. The van der Waals surface area contributed by atoms with Crippen LogP contribution in [0.2, 0.25) is 10.0 Å². The number of anilines is 1. The molecule has 6 nitrogen and oxygen atoms in total. The molecule has 1 saturated heterocycles. The minimum atomic E-state index is -1.17. The van der Waals surface area contributed by atoms with Crippen LogP contribution in [0.4, 0.5) is 10.1 Å². The molecule has 0 bridgehead atoms. The smallest absolute Gasteiger partial charge is 0.221 e. The van der Waals surface area contributed by atoms with Crippen LogP contribution in [-0.2, 0) is 4.79 Å². The van der Waals surface area contributed by atoms with Gasteiger partial charge >= 0.3 is 0 Å². The largest absolute Gasteiger partial charge is 0.490 e. The number of rotatable bonds is 8. The van der Waals surface area contributed by atoms with Gasteiger partial charge in [0.15, 0.2) is 0 Å². The minimum absolute atomic E-state index is 0.0528. The van der Waals surface area contributed by atoms with Gasteiger partial charge in [-0.3, -0.25) is 4.79 Å². The van der Waals surface area contributed by atoms with Gasteiger partial charge in [0.05, 0.1) is 15.7 Å². The molecule has 0 aliphatic carbocycles. The molecule has 9 heteroatoms. The Hall–Kier alpha value is -2.06. The fraction of sp³-hybridized carbons (Fsp3) is 0.435. The molecule has 0 radical (unpaired) electrons. The molecule has 1 atom stereocenters. The van der Waals surface area contributed by atoms with E-state index in [4.69, 9.17) is 32.7 Å². The van der Waals surface area contributed by atoms with Gasteiger partial charge < -0.3 is 24.8 Å². The first-order valence-corrected chi connectivity index (χ1v) is 11.1. The molecule has 174 valence electrons. The van der Waals surface area contributed by atoms with Crippen LogP contribution >= 0.6 is 23.2 Å². The van der Waals surface area contributed by atoms with Crippen LogP contribution in [0, 0.1) is 5.82 Å². The molecular weight excluding hydrogens is 458 g/mol. The molecule has 1 unspecified atom stereocenters. The molecule has 1 fully saturated rings. The first-order chi connectivity index (χ1) is 15.1. The highest BCUT2D eigenvalue weighted by atomic mass is 35.5. The van der Waals surface area contributed by atoms with Crippen molar-refractivity contribution in [3.8, 4) is 11.5 Å². The number of likely N-dealkylation sites (tertiary alicyclic amines) is 1. The van der Waals surface area contributed by atoms with E-state index in [-0.39, 0.29) is 24.4 Å². The van der Waals surface area contributed by atoms with Gasteiger partial charge in [-0.2, -0.15) is 0 Å². The second-order valence-corrected chi connectivity index (χ2v) is 9.09. The normalized spacial score (nSPS) is 16.9. The highest BCUT2D eigenvalue weighted by molar-refractivity contribution is 6.42. The van der Waals surface area contributed by atoms with E-state index in [1.54, 1.807) is 25.1 Å².